The first kappa shape index (κ1) is 18.5. The highest BCUT2D eigenvalue weighted by molar-refractivity contribution is 7.14. The van der Waals surface area contributed by atoms with E-state index >= 15 is 0 Å². The highest BCUT2D eigenvalue weighted by atomic mass is 32.1. The second-order valence-corrected chi connectivity index (χ2v) is 7.37. The fraction of sp³-hybridized carbons (Fsp3) is 0.238. The molecule has 4 rings (SSSR count). The van der Waals surface area contributed by atoms with Crippen LogP contribution in [0, 0.1) is 13.8 Å². The largest absolute Gasteiger partial charge is 0.491 e. The van der Waals surface area contributed by atoms with Crippen LogP contribution >= 0.6 is 11.3 Å². The van der Waals surface area contributed by atoms with Crippen LogP contribution < -0.4 is 10.1 Å². The highest BCUT2D eigenvalue weighted by Gasteiger charge is 2.14. The minimum absolute atomic E-state index is 0.539. The third kappa shape index (κ3) is 3.85. The van der Waals surface area contributed by atoms with Gasteiger partial charge in [-0.2, -0.15) is 0 Å². The molecule has 0 bridgehead atoms. The van der Waals surface area contributed by atoms with E-state index in [0.29, 0.717) is 13.2 Å². The molecule has 28 heavy (non-hydrogen) atoms. The second kappa shape index (κ2) is 8.00. The molecule has 3 heterocycles. The van der Waals surface area contributed by atoms with Gasteiger partial charge >= 0.3 is 0 Å². The molecule has 0 aliphatic heterocycles. The maximum absolute atomic E-state index is 5.59. The number of pyridine rings is 1. The van der Waals surface area contributed by atoms with Crippen LogP contribution in [-0.4, -0.2) is 34.7 Å². The molecular formula is C21H22N4O2S. The van der Waals surface area contributed by atoms with Crippen molar-refractivity contribution in [1.29, 1.82) is 0 Å². The van der Waals surface area contributed by atoms with Crippen LogP contribution in [0.4, 0.5) is 10.8 Å². The van der Waals surface area contributed by atoms with Gasteiger partial charge in [0.05, 0.1) is 18.0 Å². The van der Waals surface area contributed by atoms with Gasteiger partial charge in [-0.15, -0.1) is 11.3 Å². The number of hydrogen-bond acceptors (Lipinski definition) is 6. The van der Waals surface area contributed by atoms with Crippen LogP contribution in [0.15, 0.2) is 48.0 Å². The monoisotopic (exact) mass is 394 g/mol. The summed E-state index contributed by atoms with van der Waals surface area (Å²) in [6.07, 6.45) is 2.10. The smallest absolute Gasteiger partial charge is 0.187 e. The Morgan fingerprint density at radius 3 is 2.64 bits per heavy atom. The van der Waals surface area contributed by atoms with Gasteiger partial charge in [0, 0.05) is 24.4 Å². The van der Waals surface area contributed by atoms with Crippen LogP contribution in [0.3, 0.4) is 0 Å². The number of aromatic nitrogens is 3. The summed E-state index contributed by atoms with van der Waals surface area (Å²) in [4.78, 5) is 9.42. The predicted molar refractivity (Wildman–Crippen MR) is 113 cm³/mol. The second-order valence-electron chi connectivity index (χ2n) is 6.51. The Hall–Kier alpha value is -2.90. The normalized spacial score (nSPS) is 11.1. The molecule has 0 saturated carbocycles. The number of imidazole rings is 1. The molecule has 1 N–H and O–H groups in total. The summed E-state index contributed by atoms with van der Waals surface area (Å²) in [7, 11) is 1.66. The summed E-state index contributed by atoms with van der Waals surface area (Å²) in [5.74, 6) is 0.819. The minimum atomic E-state index is 0.539. The van der Waals surface area contributed by atoms with E-state index in [1.165, 1.54) is 5.56 Å². The zero-order valence-corrected chi connectivity index (χ0v) is 16.9. The Bertz CT molecular complexity index is 1090. The molecule has 0 aliphatic rings. The number of aryl methyl sites for hydroxylation is 2. The average Bonchev–Trinajstić information content (AvgIpc) is 3.26. The average molecular weight is 395 g/mol. The lowest BCUT2D eigenvalue weighted by molar-refractivity contribution is 0.146. The Kier molecular flexibility index (Phi) is 5.27. The first-order valence-electron chi connectivity index (χ1n) is 9.04. The number of anilines is 2. The molecule has 144 valence electrons. The molecule has 0 fully saturated rings. The van der Waals surface area contributed by atoms with Crippen molar-refractivity contribution in [3.8, 4) is 17.1 Å². The third-order valence-electron chi connectivity index (χ3n) is 4.35. The number of thiazole rings is 1. The van der Waals surface area contributed by atoms with E-state index in [1.807, 2.05) is 37.3 Å². The zero-order valence-electron chi connectivity index (χ0n) is 16.1. The summed E-state index contributed by atoms with van der Waals surface area (Å²) < 4.78 is 12.7. The number of hydrogen-bond donors (Lipinski definition) is 1. The van der Waals surface area contributed by atoms with Gasteiger partial charge in [0.2, 0.25) is 0 Å². The minimum Gasteiger partial charge on any atom is -0.491 e. The van der Waals surface area contributed by atoms with E-state index in [1.54, 1.807) is 18.4 Å². The number of nitrogens with one attached hydrogen (secondary N) is 1. The molecule has 0 unspecified atom stereocenters. The van der Waals surface area contributed by atoms with Gasteiger partial charge in [0.25, 0.3) is 0 Å². The molecule has 0 spiro atoms. The number of benzene rings is 1. The van der Waals surface area contributed by atoms with Gasteiger partial charge in [-0.25, -0.2) is 9.97 Å². The van der Waals surface area contributed by atoms with E-state index in [9.17, 15) is 0 Å². The van der Waals surface area contributed by atoms with Crippen LogP contribution in [0.2, 0.25) is 0 Å². The van der Waals surface area contributed by atoms with Crippen LogP contribution in [0.1, 0.15) is 11.3 Å². The highest BCUT2D eigenvalue weighted by Crippen LogP contribution is 2.30. The van der Waals surface area contributed by atoms with Gasteiger partial charge in [0.1, 0.15) is 23.7 Å². The summed E-state index contributed by atoms with van der Waals surface area (Å²) in [6, 6.07) is 11.9. The van der Waals surface area contributed by atoms with Crippen molar-refractivity contribution < 1.29 is 9.47 Å². The van der Waals surface area contributed by atoms with Gasteiger partial charge in [-0.1, -0.05) is 6.07 Å². The van der Waals surface area contributed by atoms with Crippen molar-refractivity contribution in [2.75, 3.05) is 25.6 Å². The molecule has 6 nitrogen and oxygen atoms in total. The SMILES string of the molecule is COCCOc1ccc(Nc2nc(-c3c(C)nc4ccc(C)cn34)cs2)cc1. The lowest BCUT2D eigenvalue weighted by Gasteiger charge is -2.07. The van der Waals surface area contributed by atoms with Gasteiger partial charge in [-0.05, 0) is 49.7 Å². The number of rotatable bonds is 7. The Morgan fingerprint density at radius 2 is 1.86 bits per heavy atom. The third-order valence-corrected chi connectivity index (χ3v) is 5.11. The molecule has 7 heteroatoms. The lowest BCUT2D eigenvalue weighted by atomic mass is 10.2. The van der Waals surface area contributed by atoms with Crippen molar-refractivity contribution in [3.63, 3.8) is 0 Å². The standard InChI is InChI=1S/C21H22N4O2S/c1-14-4-9-19-22-15(2)20(25(19)12-14)18-13-28-21(24-18)23-16-5-7-17(8-6-16)27-11-10-26-3/h4-9,12-13H,10-11H2,1-3H3,(H,23,24). The summed E-state index contributed by atoms with van der Waals surface area (Å²) >= 11 is 1.57. The Labute approximate surface area is 167 Å². The molecule has 4 aromatic rings. The number of ether oxygens (including phenoxy) is 2. The molecule has 0 radical (unpaired) electrons. The predicted octanol–water partition coefficient (Wildman–Crippen LogP) is 4.84. The van der Waals surface area contributed by atoms with Gasteiger partial charge in [-0.3, -0.25) is 4.40 Å². The number of nitrogens with zero attached hydrogens (tertiary/aromatic N) is 3. The molecule has 0 atom stereocenters. The maximum Gasteiger partial charge on any atom is 0.187 e. The van der Waals surface area contributed by atoms with E-state index in [2.05, 4.69) is 39.3 Å². The van der Waals surface area contributed by atoms with E-state index in [4.69, 9.17) is 14.5 Å². The molecule has 0 aliphatic carbocycles. The van der Waals surface area contributed by atoms with Crippen LogP contribution in [-0.2, 0) is 4.74 Å². The summed E-state index contributed by atoms with van der Waals surface area (Å²) in [5.41, 5.74) is 6.01. The van der Waals surface area contributed by atoms with E-state index in [-0.39, 0.29) is 0 Å². The van der Waals surface area contributed by atoms with Crippen LogP contribution in [0.5, 0.6) is 5.75 Å². The van der Waals surface area contributed by atoms with E-state index < -0.39 is 0 Å². The Morgan fingerprint density at radius 1 is 1.04 bits per heavy atom. The van der Waals surface area contributed by atoms with Gasteiger partial charge < -0.3 is 14.8 Å². The van der Waals surface area contributed by atoms with Crippen molar-refractivity contribution >= 4 is 27.8 Å². The number of methoxy groups -OCH3 is 1. The molecule has 1 aromatic carbocycles. The van der Waals surface area contributed by atoms with Crippen molar-refractivity contribution in [1.82, 2.24) is 14.4 Å². The summed E-state index contributed by atoms with van der Waals surface area (Å²) in [5, 5.41) is 6.25. The molecular weight excluding hydrogens is 372 g/mol. The molecule has 3 aromatic heterocycles. The lowest BCUT2D eigenvalue weighted by Crippen LogP contribution is -2.04. The van der Waals surface area contributed by atoms with Crippen molar-refractivity contribution in [2.24, 2.45) is 0 Å². The summed E-state index contributed by atoms with van der Waals surface area (Å²) in [6.45, 7) is 5.21. The number of fused-ring (bicyclic) bond motifs is 1. The zero-order chi connectivity index (χ0) is 19.5. The first-order valence-corrected chi connectivity index (χ1v) is 9.92. The fourth-order valence-corrected chi connectivity index (χ4v) is 3.73. The Balaban J connectivity index is 1.52. The maximum atomic E-state index is 5.59. The van der Waals surface area contributed by atoms with Crippen molar-refractivity contribution in [3.05, 3.63) is 59.2 Å². The molecule has 0 amide bonds. The van der Waals surface area contributed by atoms with E-state index in [0.717, 1.165) is 39.3 Å². The molecule has 0 saturated heterocycles. The van der Waals surface area contributed by atoms with Crippen LogP contribution in [0.25, 0.3) is 17.0 Å². The first-order chi connectivity index (χ1) is 13.6. The topological polar surface area (TPSA) is 60.7 Å². The van der Waals surface area contributed by atoms with Gasteiger partial charge in [0.15, 0.2) is 5.13 Å². The fourth-order valence-electron chi connectivity index (χ4n) is 3.02. The van der Waals surface area contributed by atoms with Crippen molar-refractivity contribution in [2.45, 2.75) is 13.8 Å². The quantitative estimate of drug-likeness (QED) is 0.454.